The topological polar surface area (TPSA) is 69.4 Å². The third kappa shape index (κ3) is 5.43. The molecule has 152 valence electrons. The van der Waals surface area contributed by atoms with Gasteiger partial charge in [-0.25, -0.2) is 8.78 Å². The second-order valence-corrected chi connectivity index (χ2v) is 7.27. The molecule has 4 atom stereocenters. The molecule has 2 fully saturated rings. The van der Waals surface area contributed by atoms with Crippen LogP contribution >= 0.6 is 0 Å². The molecule has 0 aromatic heterocycles. The number of piperazine rings is 1. The summed E-state index contributed by atoms with van der Waals surface area (Å²) >= 11 is 0. The largest absolute Gasteiger partial charge is 0.310 e. The Morgan fingerprint density at radius 1 is 1.11 bits per heavy atom. The SMILES string of the molecule is CCC(CC)C1CNC(NCc2ccc(C3NOC(C(F)F)N3)cc2)CN1. The molecule has 0 bridgehead atoms. The van der Waals surface area contributed by atoms with Crippen LogP contribution in [0.25, 0.3) is 0 Å². The molecule has 6 nitrogen and oxygen atoms in total. The quantitative estimate of drug-likeness (QED) is 0.472. The van der Waals surface area contributed by atoms with Crippen molar-refractivity contribution < 1.29 is 13.6 Å². The summed E-state index contributed by atoms with van der Waals surface area (Å²) in [5, 5.41) is 13.5. The average Bonchev–Trinajstić information content (AvgIpc) is 3.19. The fraction of sp³-hybridized carbons (Fsp3) is 0.684. The standard InChI is InChI=1S/C19H31F2N5O/c1-3-13(4-2)15-10-24-16(11-22-15)23-9-12-5-7-14(8-6-12)18-25-19(17(20)21)27-26-18/h5-8,13,15-19,22-26H,3-4,9-11H2,1-2H3. The Morgan fingerprint density at radius 3 is 2.41 bits per heavy atom. The van der Waals surface area contributed by atoms with Gasteiger partial charge in [0.25, 0.3) is 6.43 Å². The molecule has 27 heavy (non-hydrogen) atoms. The molecule has 2 heterocycles. The van der Waals surface area contributed by atoms with Gasteiger partial charge in [-0.3, -0.25) is 20.8 Å². The Morgan fingerprint density at radius 2 is 1.85 bits per heavy atom. The van der Waals surface area contributed by atoms with E-state index in [-0.39, 0.29) is 6.17 Å². The summed E-state index contributed by atoms with van der Waals surface area (Å²) in [6.45, 7) is 7.13. The second kappa shape index (κ2) is 9.86. The number of hydrogen-bond acceptors (Lipinski definition) is 6. The van der Waals surface area contributed by atoms with Gasteiger partial charge < -0.3 is 5.32 Å². The van der Waals surface area contributed by atoms with Gasteiger partial charge >= 0.3 is 0 Å². The van der Waals surface area contributed by atoms with Crippen molar-refractivity contribution in [3.8, 4) is 0 Å². The molecule has 0 aliphatic carbocycles. The molecule has 0 spiro atoms. The van der Waals surface area contributed by atoms with E-state index in [1.165, 1.54) is 12.8 Å². The van der Waals surface area contributed by atoms with Crippen molar-refractivity contribution in [2.24, 2.45) is 5.92 Å². The first-order valence-corrected chi connectivity index (χ1v) is 9.85. The highest BCUT2D eigenvalue weighted by molar-refractivity contribution is 5.25. The summed E-state index contributed by atoms with van der Waals surface area (Å²) in [4.78, 5) is 4.84. The third-order valence-electron chi connectivity index (χ3n) is 5.52. The van der Waals surface area contributed by atoms with Crippen LogP contribution in [0.2, 0.25) is 0 Å². The highest BCUT2D eigenvalue weighted by Crippen LogP contribution is 2.19. The van der Waals surface area contributed by atoms with Crippen molar-refractivity contribution in [3.05, 3.63) is 35.4 Å². The predicted molar refractivity (Wildman–Crippen MR) is 101 cm³/mol. The maximum absolute atomic E-state index is 12.6. The molecule has 1 aromatic rings. The molecule has 3 rings (SSSR count). The lowest BCUT2D eigenvalue weighted by molar-refractivity contribution is -0.0675. The zero-order valence-electron chi connectivity index (χ0n) is 16.0. The predicted octanol–water partition coefficient (Wildman–Crippen LogP) is 1.81. The molecular weight excluding hydrogens is 352 g/mol. The molecule has 0 saturated carbocycles. The zero-order chi connectivity index (χ0) is 19.2. The van der Waals surface area contributed by atoms with Gasteiger partial charge in [-0.2, -0.15) is 5.48 Å². The van der Waals surface area contributed by atoms with Crippen LogP contribution < -0.4 is 26.7 Å². The van der Waals surface area contributed by atoms with Crippen LogP contribution in [0.4, 0.5) is 8.78 Å². The van der Waals surface area contributed by atoms with E-state index < -0.39 is 18.8 Å². The number of benzene rings is 1. The number of halogens is 2. The molecule has 0 radical (unpaired) electrons. The molecule has 2 aliphatic rings. The van der Waals surface area contributed by atoms with Crippen LogP contribution in [-0.4, -0.2) is 38.0 Å². The van der Waals surface area contributed by atoms with Crippen LogP contribution in [0.5, 0.6) is 0 Å². The molecular formula is C19H31F2N5O. The molecule has 8 heteroatoms. The Labute approximate surface area is 159 Å². The van der Waals surface area contributed by atoms with Crippen molar-refractivity contribution in [2.45, 2.75) is 64.3 Å². The molecule has 1 aromatic carbocycles. The van der Waals surface area contributed by atoms with E-state index in [0.717, 1.165) is 36.7 Å². The number of nitrogens with one attached hydrogen (secondary N) is 5. The van der Waals surface area contributed by atoms with Crippen molar-refractivity contribution in [1.82, 2.24) is 26.7 Å². The van der Waals surface area contributed by atoms with Crippen molar-refractivity contribution in [2.75, 3.05) is 13.1 Å². The van der Waals surface area contributed by atoms with Gasteiger partial charge in [0.15, 0.2) is 6.23 Å². The van der Waals surface area contributed by atoms with Gasteiger partial charge in [0.2, 0.25) is 0 Å². The van der Waals surface area contributed by atoms with E-state index in [1.807, 2.05) is 24.3 Å². The van der Waals surface area contributed by atoms with Gasteiger partial charge in [-0.1, -0.05) is 51.0 Å². The monoisotopic (exact) mass is 383 g/mol. The number of hydrogen-bond donors (Lipinski definition) is 5. The minimum atomic E-state index is -2.56. The first-order chi connectivity index (χ1) is 13.1. The maximum atomic E-state index is 12.6. The smallest absolute Gasteiger partial charge is 0.279 e. The van der Waals surface area contributed by atoms with Crippen LogP contribution in [0.15, 0.2) is 24.3 Å². The fourth-order valence-electron chi connectivity index (χ4n) is 3.75. The van der Waals surface area contributed by atoms with Crippen molar-refractivity contribution >= 4 is 0 Å². The highest BCUT2D eigenvalue weighted by Gasteiger charge is 2.32. The lowest BCUT2D eigenvalue weighted by atomic mass is 9.93. The van der Waals surface area contributed by atoms with Gasteiger partial charge in [0, 0.05) is 25.7 Å². The van der Waals surface area contributed by atoms with E-state index in [9.17, 15) is 8.78 Å². The minimum Gasteiger partial charge on any atom is -0.310 e. The van der Waals surface area contributed by atoms with Crippen LogP contribution in [0.1, 0.15) is 44.0 Å². The Bertz CT molecular complexity index is 562. The molecule has 5 N–H and O–H groups in total. The summed E-state index contributed by atoms with van der Waals surface area (Å²) in [6, 6.07) is 8.40. The Kier molecular flexibility index (Phi) is 7.51. The lowest BCUT2D eigenvalue weighted by Crippen LogP contribution is -2.61. The van der Waals surface area contributed by atoms with E-state index in [0.29, 0.717) is 6.04 Å². The molecule has 4 unspecified atom stereocenters. The van der Waals surface area contributed by atoms with Crippen LogP contribution in [-0.2, 0) is 11.4 Å². The fourth-order valence-corrected chi connectivity index (χ4v) is 3.75. The van der Waals surface area contributed by atoms with Gasteiger partial charge in [-0.15, -0.1) is 0 Å². The van der Waals surface area contributed by atoms with Crippen molar-refractivity contribution in [1.29, 1.82) is 0 Å². The second-order valence-electron chi connectivity index (χ2n) is 7.27. The normalized spacial score (nSPS) is 29.0. The third-order valence-corrected chi connectivity index (χ3v) is 5.52. The Hall–Kier alpha value is -1.16. The summed E-state index contributed by atoms with van der Waals surface area (Å²) in [5.74, 6) is 0.720. The Balaban J connectivity index is 1.42. The number of rotatable bonds is 8. The molecule has 0 amide bonds. The number of alkyl halides is 2. The highest BCUT2D eigenvalue weighted by atomic mass is 19.3. The van der Waals surface area contributed by atoms with Gasteiger partial charge in [-0.05, 0) is 17.0 Å². The number of hydroxylamine groups is 1. The summed E-state index contributed by atoms with van der Waals surface area (Å²) in [5.41, 5.74) is 4.62. The zero-order valence-corrected chi connectivity index (χ0v) is 16.0. The van der Waals surface area contributed by atoms with Crippen LogP contribution in [0.3, 0.4) is 0 Å². The van der Waals surface area contributed by atoms with Gasteiger partial charge in [0.05, 0.1) is 6.17 Å². The van der Waals surface area contributed by atoms with E-state index >= 15 is 0 Å². The van der Waals surface area contributed by atoms with E-state index in [1.54, 1.807) is 0 Å². The van der Waals surface area contributed by atoms with E-state index in [4.69, 9.17) is 4.84 Å². The van der Waals surface area contributed by atoms with Crippen molar-refractivity contribution in [3.63, 3.8) is 0 Å². The molecule has 2 aliphatic heterocycles. The average molecular weight is 383 g/mol. The summed E-state index contributed by atoms with van der Waals surface area (Å²) in [6.07, 6.45) is -1.61. The van der Waals surface area contributed by atoms with Crippen LogP contribution in [0, 0.1) is 5.92 Å². The summed E-state index contributed by atoms with van der Waals surface area (Å²) < 4.78 is 25.3. The van der Waals surface area contributed by atoms with Gasteiger partial charge in [0.1, 0.15) is 6.17 Å². The van der Waals surface area contributed by atoms with E-state index in [2.05, 4.69) is 40.6 Å². The lowest BCUT2D eigenvalue weighted by Gasteiger charge is -2.35. The summed E-state index contributed by atoms with van der Waals surface area (Å²) in [7, 11) is 0. The first-order valence-electron chi connectivity index (χ1n) is 9.85. The maximum Gasteiger partial charge on any atom is 0.279 e. The first kappa shape index (κ1) is 20.6. The molecule has 2 saturated heterocycles. The minimum absolute atomic E-state index is 0.244.